The summed E-state index contributed by atoms with van der Waals surface area (Å²) in [6, 6.07) is 1.94. The van der Waals surface area contributed by atoms with Crippen LogP contribution in [0.1, 0.15) is 35.7 Å². The number of unbranched alkanes of at least 4 members (excludes halogenated alkanes) is 1. The van der Waals surface area contributed by atoms with E-state index < -0.39 is 22.4 Å². The third-order valence-electron chi connectivity index (χ3n) is 2.51. The molecule has 0 aromatic heterocycles. The van der Waals surface area contributed by atoms with E-state index in [0.717, 1.165) is 18.6 Å². The Kier molecular flexibility index (Phi) is 4.76. The second kappa shape index (κ2) is 6.09. The van der Waals surface area contributed by atoms with Crippen LogP contribution < -0.4 is 0 Å². The van der Waals surface area contributed by atoms with E-state index in [1.165, 1.54) is 6.92 Å². The van der Waals surface area contributed by atoms with Crippen LogP contribution in [0.3, 0.4) is 0 Å². The minimum atomic E-state index is -0.854. The van der Waals surface area contributed by atoms with Gasteiger partial charge in [-0.05, 0) is 19.4 Å². The van der Waals surface area contributed by atoms with Crippen LogP contribution in [0.15, 0.2) is 12.1 Å². The number of hydrogen-bond donors (Lipinski definition) is 0. The molecule has 0 spiro atoms. The summed E-state index contributed by atoms with van der Waals surface area (Å²) < 4.78 is 18.2. The number of benzene rings is 1. The van der Waals surface area contributed by atoms with Gasteiger partial charge in [-0.1, -0.05) is 13.3 Å². The van der Waals surface area contributed by atoms with Crippen LogP contribution in [0.5, 0.6) is 0 Å². The molecule has 0 saturated heterocycles. The molecular weight excluding hydrogens is 241 g/mol. The van der Waals surface area contributed by atoms with E-state index in [1.54, 1.807) is 0 Å². The van der Waals surface area contributed by atoms with Crippen molar-refractivity contribution in [3.8, 4) is 0 Å². The predicted octanol–water partition coefficient (Wildman–Crippen LogP) is 3.00. The number of nitro benzene ring substituents is 1. The molecule has 0 unspecified atom stereocenters. The molecule has 6 heteroatoms. The van der Waals surface area contributed by atoms with Gasteiger partial charge < -0.3 is 4.74 Å². The van der Waals surface area contributed by atoms with E-state index in [-0.39, 0.29) is 17.7 Å². The smallest absolute Gasteiger partial charge is 0.345 e. The molecule has 0 radical (unpaired) electrons. The number of ether oxygens (including phenoxy) is 1. The molecule has 98 valence electrons. The number of rotatable bonds is 5. The molecule has 0 bridgehead atoms. The normalized spacial score (nSPS) is 10.2. The van der Waals surface area contributed by atoms with E-state index in [9.17, 15) is 19.3 Å². The maximum atomic E-state index is 13.3. The molecule has 0 aliphatic carbocycles. The van der Waals surface area contributed by atoms with E-state index in [2.05, 4.69) is 0 Å². The Hall–Kier alpha value is -1.98. The molecular formula is C12H14FNO4. The monoisotopic (exact) mass is 255 g/mol. The number of nitrogens with zero attached hydrogens (tertiary/aromatic N) is 1. The molecule has 1 aromatic carbocycles. The molecule has 0 fully saturated rings. The van der Waals surface area contributed by atoms with E-state index in [4.69, 9.17) is 4.74 Å². The molecule has 0 aliphatic rings. The zero-order valence-corrected chi connectivity index (χ0v) is 10.2. The zero-order valence-electron chi connectivity index (χ0n) is 10.2. The predicted molar refractivity (Wildman–Crippen MR) is 63.0 cm³/mol. The van der Waals surface area contributed by atoms with Gasteiger partial charge in [-0.2, -0.15) is 0 Å². The maximum absolute atomic E-state index is 13.3. The minimum absolute atomic E-state index is 0.0642. The Bertz CT molecular complexity index is 473. The van der Waals surface area contributed by atoms with Gasteiger partial charge in [0, 0.05) is 11.6 Å². The van der Waals surface area contributed by atoms with Gasteiger partial charge in [0.25, 0.3) is 5.69 Å². The third-order valence-corrected chi connectivity index (χ3v) is 2.51. The number of nitro groups is 1. The summed E-state index contributed by atoms with van der Waals surface area (Å²) in [6.07, 6.45) is 1.49. The van der Waals surface area contributed by atoms with Crippen molar-refractivity contribution in [2.24, 2.45) is 0 Å². The van der Waals surface area contributed by atoms with Gasteiger partial charge in [0.05, 0.1) is 11.5 Å². The lowest BCUT2D eigenvalue weighted by atomic mass is 10.1. The van der Waals surface area contributed by atoms with E-state index >= 15 is 0 Å². The lowest BCUT2D eigenvalue weighted by molar-refractivity contribution is -0.385. The summed E-state index contributed by atoms with van der Waals surface area (Å²) in [6.45, 7) is 3.41. The van der Waals surface area contributed by atoms with Crippen LogP contribution in [0.2, 0.25) is 0 Å². The summed E-state index contributed by atoms with van der Waals surface area (Å²) in [7, 11) is 0. The topological polar surface area (TPSA) is 69.4 Å². The second-order valence-corrected chi connectivity index (χ2v) is 3.81. The first-order valence-electron chi connectivity index (χ1n) is 5.59. The van der Waals surface area contributed by atoms with Crippen LogP contribution in [-0.2, 0) is 4.74 Å². The zero-order chi connectivity index (χ0) is 13.7. The summed E-state index contributed by atoms with van der Waals surface area (Å²) in [4.78, 5) is 21.8. The van der Waals surface area contributed by atoms with Crippen molar-refractivity contribution in [3.05, 3.63) is 39.2 Å². The van der Waals surface area contributed by atoms with Crippen LogP contribution in [0.4, 0.5) is 10.1 Å². The summed E-state index contributed by atoms with van der Waals surface area (Å²) >= 11 is 0. The number of halogens is 1. The molecule has 0 amide bonds. The highest BCUT2D eigenvalue weighted by atomic mass is 19.1. The molecule has 0 saturated carbocycles. The average molecular weight is 255 g/mol. The lowest BCUT2D eigenvalue weighted by Crippen LogP contribution is -2.12. The molecule has 0 heterocycles. The van der Waals surface area contributed by atoms with Gasteiger partial charge in [-0.15, -0.1) is 0 Å². The first-order chi connectivity index (χ1) is 8.49. The Morgan fingerprint density at radius 1 is 1.50 bits per heavy atom. The largest absolute Gasteiger partial charge is 0.462 e. The highest BCUT2D eigenvalue weighted by molar-refractivity contribution is 5.95. The lowest BCUT2D eigenvalue weighted by Gasteiger charge is -2.07. The third kappa shape index (κ3) is 3.03. The maximum Gasteiger partial charge on any atom is 0.345 e. The summed E-state index contributed by atoms with van der Waals surface area (Å²) in [5.41, 5.74) is -0.808. The SMILES string of the molecule is CCCCOC(=O)c1c([N+](=O)[O-])ccc(F)c1C. The van der Waals surface area contributed by atoms with Gasteiger partial charge >= 0.3 is 5.97 Å². The fraction of sp³-hybridized carbons (Fsp3) is 0.417. The average Bonchev–Trinajstić information content (AvgIpc) is 2.32. The van der Waals surface area contributed by atoms with Crippen LogP contribution >= 0.6 is 0 Å². The van der Waals surface area contributed by atoms with Crippen molar-refractivity contribution in [1.82, 2.24) is 0 Å². The Morgan fingerprint density at radius 2 is 2.17 bits per heavy atom. The van der Waals surface area contributed by atoms with Crippen LogP contribution in [0.25, 0.3) is 0 Å². The van der Waals surface area contributed by atoms with E-state index in [1.807, 2.05) is 6.92 Å². The molecule has 1 rings (SSSR count). The van der Waals surface area contributed by atoms with Gasteiger partial charge in [0.15, 0.2) is 0 Å². The van der Waals surface area contributed by atoms with Gasteiger partial charge in [-0.25, -0.2) is 9.18 Å². The minimum Gasteiger partial charge on any atom is -0.462 e. The highest BCUT2D eigenvalue weighted by Gasteiger charge is 2.25. The first kappa shape index (κ1) is 14.1. The standard InChI is InChI=1S/C12H14FNO4/c1-3-4-7-18-12(15)11-8(2)9(13)5-6-10(11)14(16)17/h5-6H,3-4,7H2,1-2H3. The molecule has 1 aromatic rings. The number of carbonyl (C=O) groups is 1. The quantitative estimate of drug-likeness (QED) is 0.351. The van der Waals surface area contributed by atoms with Crippen LogP contribution in [0, 0.1) is 22.9 Å². The van der Waals surface area contributed by atoms with Gasteiger partial charge in [-0.3, -0.25) is 10.1 Å². The Morgan fingerprint density at radius 3 is 2.72 bits per heavy atom. The second-order valence-electron chi connectivity index (χ2n) is 3.81. The first-order valence-corrected chi connectivity index (χ1v) is 5.59. The van der Waals surface area contributed by atoms with Gasteiger partial charge in [0.2, 0.25) is 0 Å². The molecule has 0 atom stereocenters. The van der Waals surface area contributed by atoms with Crippen molar-refractivity contribution >= 4 is 11.7 Å². The van der Waals surface area contributed by atoms with Crippen LogP contribution in [-0.4, -0.2) is 17.5 Å². The fourth-order valence-electron chi connectivity index (χ4n) is 1.46. The van der Waals surface area contributed by atoms with Crippen molar-refractivity contribution in [3.63, 3.8) is 0 Å². The molecule has 18 heavy (non-hydrogen) atoms. The Balaban J connectivity index is 3.08. The Labute approximate surface area is 104 Å². The number of carbonyl (C=O) groups excluding carboxylic acids is 1. The summed E-state index contributed by atoms with van der Waals surface area (Å²) in [5.74, 6) is -1.52. The summed E-state index contributed by atoms with van der Waals surface area (Å²) in [5, 5.41) is 10.8. The number of esters is 1. The van der Waals surface area contributed by atoms with E-state index in [0.29, 0.717) is 6.42 Å². The van der Waals surface area contributed by atoms with Crippen molar-refractivity contribution in [1.29, 1.82) is 0 Å². The van der Waals surface area contributed by atoms with Crippen molar-refractivity contribution < 1.29 is 18.8 Å². The molecule has 5 nitrogen and oxygen atoms in total. The van der Waals surface area contributed by atoms with Crippen molar-refractivity contribution in [2.75, 3.05) is 6.61 Å². The molecule has 0 N–H and O–H groups in total. The number of hydrogen-bond acceptors (Lipinski definition) is 4. The molecule has 0 aliphatic heterocycles. The van der Waals surface area contributed by atoms with Crippen molar-refractivity contribution in [2.45, 2.75) is 26.7 Å². The fourth-order valence-corrected chi connectivity index (χ4v) is 1.46. The highest BCUT2D eigenvalue weighted by Crippen LogP contribution is 2.25. The van der Waals surface area contributed by atoms with Gasteiger partial charge in [0.1, 0.15) is 11.4 Å².